The average molecular weight is 502 g/mol. The van der Waals surface area contributed by atoms with Gasteiger partial charge in [0.15, 0.2) is 6.61 Å². The maximum Gasteiger partial charge on any atom is 0.306 e. The number of ether oxygens (including phenoxy) is 1. The predicted octanol–water partition coefficient (Wildman–Crippen LogP) is 5.27. The Bertz CT molecular complexity index is 950. The Morgan fingerprint density at radius 1 is 0.931 bits per heavy atom. The third-order valence-corrected chi connectivity index (χ3v) is 5.52. The molecule has 0 radical (unpaired) electrons. The molecule has 0 aliphatic rings. The van der Waals surface area contributed by atoms with Crippen LogP contribution in [0.1, 0.15) is 24.0 Å². The van der Waals surface area contributed by atoms with Crippen LogP contribution in [0, 0.1) is 13.8 Å². The second-order valence-electron chi connectivity index (χ2n) is 6.30. The molecule has 9 heteroatoms. The molecule has 154 valence electrons. The van der Waals surface area contributed by atoms with Crippen LogP contribution in [0.4, 0.5) is 11.4 Å². The number of amides is 2. The standard InChI is InChI=1S/C20H19BrCl2N2O4/c1-11-3-4-13(8-15(11)22)24-18(26)5-6-20(28)29-10-19(27)25-17-9-16(23)14(21)7-12(17)2/h3-4,7-9H,5-6,10H2,1-2H3,(H,24,26)(H,25,27). The summed E-state index contributed by atoms with van der Waals surface area (Å²) >= 11 is 15.3. The first-order valence-electron chi connectivity index (χ1n) is 8.63. The highest BCUT2D eigenvalue weighted by atomic mass is 79.9. The van der Waals surface area contributed by atoms with E-state index in [1.807, 2.05) is 13.8 Å². The maximum atomic E-state index is 12.0. The summed E-state index contributed by atoms with van der Waals surface area (Å²) in [5.41, 5.74) is 2.76. The van der Waals surface area contributed by atoms with Gasteiger partial charge in [0.25, 0.3) is 5.91 Å². The van der Waals surface area contributed by atoms with Crippen molar-refractivity contribution in [2.24, 2.45) is 0 Å². The number of hydrogen-bond acceptors (Lipinski definition) is 4. The highest BCUT2D eigenvalue weighted by Crippen LogP contribution is 2.28. The van der Waals surface area contributed by atoms with E-state index in [0.717, 1.165) is 11.1 Å². The van der Waals surface area contributed by atoms with Crippen molar-refractivity contribution in [2.75, 3.05) is 17.2 Å². The third-order valence-electron chi connectivity index (χ3n) is 3.92. The Labute approximate surface area is 187 Å². The van der Waals surface area contributed by atoms with Gasteiger partial charge < -0.3 is 15.4 Å². The Morgan fingerprint density at radius 2 is 1.66 bits per heavy atom. The predicted molar refractivity (Wildman–Crippen MR) is 118 cm³/mol. The van der Waals surface area contributed by atoms with E-state index >= 15 is 0 Å². The van der Waals surface area contributed by atoms with Gasteiger partial charge in [-0.25, -0.2) is 0 Å². The van der Waals surface area contributed by atoms with Gasteiger partial charge in [-0.05, 0) is 65.2 Å². The molecule has 0 unspecified atom stereocenters. The van der Waals surface area contributed by atoms with Gasteiger partial charge in [-0.1, -0.05) is 29.3 Å². The summed E-state index contributed by atoms with van der Waals surface area (Å²) in [6.07, 6.45) is -0.227. The van der Waals surface area contributed by atoms with Gasteiger partial charge in [0.2, 0.25) is 5.91 Å². The van der Waals surface area contributed by atoms with Crippen LogP contribution in [0.15, 0.2) is 34.8 Å². The fourth-order valence-corrected chi connectivity index (χ4v) is 3.10. The van der Waals surface area contributed by atoms with Crippen molar-refractivity contribution >= 4 is 68.3 Å². The summed E-state index contributed by atoms with van der Waals surface area (Å²) in [5, 5.41) is 6.27. The first-order chi connectivity index (χ1) is 13.7. The molecule has 0 saturated heterocycles. The van der Waals surface area contributed by atoms with Crippen molar-refractivity contribution in [3.8, 4) is 0 Å². The van der Waals surface area contributed by atoms with Crippen LogP contribution >= 0.6 is 39.1 Å². The second-order valence-corrected chi connectivity index (χ2v) is 7.97. The lowest BCUT2D eigenvalue weighted by Crippen LogP contribution is -2.22. The lowest BCUT2D eigenvalue weighted by Gasteiger charge is -2.10. The fraction of sp³-hybridized carbons (Fsp3) is 0.250. The van der Waals surface area contributed by atoms with Crippen molar-refractivity contribution in [2.45, 2.75) is 26.7 Å². The molecule has 0 saturated carbocycles. The first-order valence-corrected chi connectivity index (χ1v) is 10.2. The van der Waals surface area contributed by atoms with Gasteiger partial charge in [0, 0.05) is 27.3 Å². The molecule has 2 N–H and O–H groups in total. The van der Waals surface area contributed by atoms with Crippen molar-refractivity contribution in [3.63, 3.8) is 0 Å². The number of carbonyl (C=O) groups excluding carboxylic acids is 3. The van der Waals surface area contributed by atoms with Crippen molar-refractivity contribution < 1.29 is 19.1 Å². The SMILES string of the molecule is Cc1ccc(NC(=O)CCC(=O)OCC(=O)Nc2cc(Cl)c(Br)cc2C)cc1Cl. The number of nitrogens with one attached hydrogen (secondary N) is 2. The summed E-state index contributed by atoms with van der Waals surface area (Å²) in [4.78, 5) is 35.7. The molecule has 0 aliphatic carbocycles. The van der Waals surface area contributed by atoms with E-state index in [2.05, 4.69) is 26.6 Å². The molecule has 2 rings (SSSR count). The number of esters is 1. The monoisotopic (exact) mass is 500 g/mol. The largest absolute Gasteiger partial charge is 0.456 e. The average Bonchev–Trinajstić information content (AvgIpc) is 2.65. The van der Waals surface area contributed by atoms with Gasteiger partial charge in [-0.15, -0.1) is 0 Å². The zero-order valence-electron chi connectivity index (χ0n) is 15.8. The molecule has 0 bridgehead atoms. The van der Waals surface area contributed by atoms with Crippen molar-refractivity contribution in [1.82, 2.24) is 0 Å². The van der Waals surface area contributed by atoms with Crippen LogP contribution in [0.5, 0.6) is 0 Å². The summed E-state index contributed by atoms with van der Waals surface area (Å²) < 4.78 is 5.63. The topological polar surface area (TPSA) is 84.5 Å². The zero-order chi connectivity index (χ0) is 21.6. The minimum absolute atomic E-state index is 0.0760. The van der Waals surface area contributed by atoms with E-state index in [4.69, 9.17) is 27.9 Å². The zero-order valence-corrected chi connectivity index (χ0v) is 18.9. The molecule has 6 nitrogen and oxygen atoms in total. The molecule has 0 heterocycles. The molecular formula is C20H19BrCl2N2O4. The molecule has 0 spiro atoms. The lowest BCUT2D eigenvalue weighted by molar-refractivity contribution is -0.147. The number of rotatable bonds is 7. The van der Waals surface area contributed by atoms with Crippen LogP contribution in [0.3, 0.4) is 0 Å². The number of aryl methyl sites for hydroxylation is 2. The quantitative estimate of drug-likeness (QED) is 0.506. The second kappa shape index (κ2) is 10.6. The minimum atomic E-state index is -0.650. The highest BCUT2D eigenvalue weighted by molar-refractivity contribution is 9.10. The third kappa shape index (κ3) is 7.34. The molecule has 0 aliphatic heterocycles. The Morgan fingerprint density at radius 3 is 2.34 bits per heavy atom. The fourth-order valence-electron chi connectivity index (χ4n) is 2.30. The minimum Gasteiger partial charge on any atom is -0.456 e. The smallest absolute Gasteiger partial charge is 0.306 e. The van der Waals surface area contributed by atoms with Gasteiger partial charge in [0.1, 0.15) is 0 Å². The Balaban J connectivity index is 1.75. The van der Waals surface area contributed by atoms with E-state index in [9.17, 15) is 14.4 Å². The van der Waals surface area contributed by atoms with Gasteiger partial charge in [-0.2, -0.15) is 0 Å². The van der Waals surface area contributed by atoms with E-state index in [1.165, 1.54) is 0 Å². The van der Waals surface area contributed by atoms with Crippen LogP contribution < -0.4 is 10.6 Å². The lowest BCUT2D eigenvalue weighted by atomic mass is 10.2. The van der Waals surface area contributed by atoms with E-state index < -0.39 is 18.5 Å². The van der Waals surface area contributed by atoms with Crippen LogP contribution in [-0.2, 0) is 19.1 Å². The molecule has 0 fully saturated rings. The van der Waals surface area contributed by atoms with E-state index in [-0.39, 0.29) is 18.7 Å². The number of carbonyl (C=O) groups is 3. The van der Waals surface area contributed by atoms with Crippen LogP contribution in [0.2, 0.25) is 10.0 Å². The van der Waals surface area contributed by atoms with Gasteiger partial charge in [-0.3, -0.25) is 14.4 Å². The summed E-state index contributed by atoms with van der Waals surface area (Å²) in [6, 6.07) is 8.50. The van der Waals surface area contributed by atoms with Crippen molar-refractivity contribution in [3.05, 3.63) is 56.0 Å². The summed E-state index contributed by atoms with van der Waals surface area (Å²) in [6.45, 7) is 3.20. The molecular weight excluding hydrogens is 483 g/mol. The number of anilines is 2. The molecule has 0 atom stereocenters. The van der Waals surface area contributed by atoms with Crippen molar-refractivity contribution in [1.29, 1.82) is 0 Å². The normalized spacial score (nSPS) is 10.4. The molecule has 2 aromatic rings. The van der Waals surface area contributed by atoms with Crippen LogP contribution in [-0.4, -0.2) is 24.4 Å². The number of hydrogen-bond donors (Lipinski definition) is 2. The van der Waals surface area contributed by atoms with Crippen LogP contribution in [0.25, 0.3) is 0 Å². The highest BCUT2D eigenvalue weighted by Gasteiger charge is 2.13. The van der Waals surface area contributed by atoms with E-state index in [0.29, 0.717) is 25.9 Å². The molecule has 0 aromatic heterocycles. The summed E-state index contributed by atoms with van der Waals surface area (Å²) in [5.74, 6) is -1.51. The first kappa shape index (κ1) is 23.2. The van der Waals surface area contributed by atoms with Gasteiger partial charge >= 0.3 is 5.97 Å². The maximum absolute atomic E-state index is 12.0. The Hall–Kier alpha value is -2.09. The number of benzene rings is 2. The van der Waals surface area contributed by atoms with Gasteiger partial charge in [0.05, 0.1) is 11.4 Å². The molecule has 29 heavy (non-hydrogen) atoms. The molecule has 2 amide bonds. The Kier molecular flexibility index (Phi) is 8.49. The van der Waals surface area contributed by atoms with E-state index in [1.54, 1.807) is 30.3 Å². The number of halogens is 3. The summed E-state index contributed by atoms with van der Waals surface area (Å²) in [7, 11) is 0. The molecule has 2 aromatic carbocycles.